The van der Waals surface area contributed by atoms with Crippen LogP contribution in [0.15, 0.2) is 36.0 Å². The van der Waals surface area contributed by atoms with Crippen molar-refractivity contribution in [2.24, 2.45) is 0 Å². The van der Waals surface area contributed by atoms with Crippen molar-refractivity contribution in [3.05, 3.63) is 36.0 Å². The maximum absolute atomic E-state index is 11.9. The summed E-state index contributed by atoms with van der Waals surface area (Å²) in [4.78, 5) is 22.8. The summed E-state index contributed by atoms with van der Waals surface area (Å²) < 4.78 is 0. The van der Waals surface area contributed by atoms with Gasteiger partial charge in [0.1, 0.15) is 11.6 Å². The van der Waals surface area contributed by atoms with Crippen molar-refractivity contribution in [2.75, 3.05) is 17.2 Å². The number of aliphatic hydroxyl groups excluding tert-OH is 1. The van der Waals surface area contributed by atoms with Crippen LogP contribution in [0.3, 0.4) is 0 Å². The molecule has 0 aliphatic heterocycles. The molecular weight excluding hydrogens is 284 g/mol. The van der Waals surface area contributed by atoms with E-state index in [2.05, 4.69) is 16.0 Å². The van der Waals surface area contributed by atoms with Gasteiger partial charge in [-0.25, -0.2) is 0 Å². The highest BCUT2D eigenvalue weighted by Gasteiger charge is 2.09. The van der Waals surface area contributed by atoms with E-state index < -0.39 is 12.0 Å². The molecule has 0 saturated heterocycles. The second kappa shape index (κ2) is 8.44. The fourth-order valence-electron chi connectivity index (χ4n) is 1.52. The molecule has 0 spiro atoms. The Balaban J connectivity index is 2.66. The number of hydrogen-bond donors (Lipinski definition) is 4. The van der Waals surface area contributed by atoms with Crippen LogP contribution >= 0.6 is 0 Å². The van der Waals surface area contributed by atoms with Crippen LogP contribution < -0.4 is 16.0 Å². The van der Waals surface area contributed by atoms with E-state index in [0.717, 1.165) is 0 Å². The summed E-state index contributed by atoms with van der Waals surface area (Å²) in [6, 6.07) is 8.28. The normalized spacial score (nSPS) is 12.0. The molecule has 0 fully saturated rings. The molecule has 7 nitrogen and oxygen atoms in total. The van der Waals surface area contributed by atoms with Crippen molar-refractivity contribution < 1.29 is 14.7 Å². The minimum atomic E-state index is -0.583. The largest absolute Gasteiger partial charge is 0.392 e. The van der Waals surface area contributed by atoms with Crippen LogP contribution in [-0.4, -0.2) is 29.6 Å². The van der Waals surface area contributed by atoms with Crippen LogP contribution in [0.1, 0.15) is 13.8 Å². The van der Waals surface area contributed by atoms with Gasteiger partial charge in [-0.1, -0.05) is 0 Å². The van der Waals surface area contributed by atoms with Crippen molar-refractivity contribution in [2.45, 2.75) is 20.0 Å². The second-order valence-electron chi connectivity index (χ2n) is 4.64. The molecule has 0 aliphatic carbocycles. The molecule has 0 aliphatic rings. The number of hydrogen-bond acceptors (Lipinski definition) is 5. The average Bonchev–Trinajstić information content (AvgIpc) is 2.44. The third-order valence-electron chi connectivity index (χ3n) is 2.49. The lowest BCUT2D eigenvalue weighted by atomic mass is 10.2. The first-order chi connectivity index (χ1) is 10.4. The molecule has 1 rings (SSSR count). The Hall–Kier alpha value is -2.85. The topological polar surface area (TPSA) is 114 Å². The molecule has 0 saturated carbocycles. The SMILES string of the molecule is CC(=O)Nc1ccc(NC(=O)/C(C#N)=C\NCC(C)O)cc1. The van der Waals surface area contributed by atoms with E-state index in [1.54, 1.807) is 37.3 Å². The molecule has 2 amide bonds. The average molecular weight is 302 g/mol. The van der Waals surface area contributed by atoms with Crippen molar-refractivity contribution in [1.82, 2.24) is 5.32 Å². The van der Waals surface area contributed by atoms with E-state index in [9.17, 15) is 9.59 Å². The Labute approximate surface area is 128 Å². The third kappa shape index (κ3) is 6.07. The summed E-state index contributed by atoms with van der Waals surface area (Å²) in [6.07, 6.45) is 0.675. The number of nitrogens with zero attached hydrogens (tertiary/aromatic N) is 1. The highest BCUT2D eigenvalue weighted by Crippen LogP contribution is 2.14. The van der Waals surface area contributed by atoms with Crippen LogP contribution in [0.5, 0.6) is 0 Å². The molecule has 0 heterocycles. The number of nitrogens with one attached hydrogen (secondary N) is 3. The predicted molar refractivity (Wildman–Crippen MR) is 82.8 cm³/mol. The monoisotopic (exact) mass is 302 g/mol. The Morgan fingerprint density at radius 1 is 1.27 bits per heavy atom. The summed E-state index contributed by atoms with van der Waals surface area (Å²) in [7, 11) is 0. The lowest BCUT2D eigenvalue weighted by molar-refractivity contribution is -0.114. The Morgan fingerprint density at radius 2 is 1.82 bits per heavy atom. The van der Waals surface area contributed by atoms with Crippen LogP contribution in [-0.2, 0) is 9.59 Å². The molecule has 4 N–H and O–H groups in total. The molecule has 7 heteroatoms. The first-order valence-electron chi connectivity index (χ1n) is 6.63. The number of benzene rings is 1. The zero-order valence-electron chi connectivity index (χ0n) is 12.4. The summed E-state index contributed by atoms with van der Waals surface area (Å²) in [5.74, 6) is -0.747. The van der Waals surface area contributed by atoms with E-state index in [4.69, 9.17) is 10.4 Å². The minimum absolute atomic E-state index is 0.105. The van der Waals surface area contributed by atoms with Crippen LogP contribution in [0.25, 0.3) is 0 Å². The lowest BCUT2D eigenvalue weighted by Crippen LogP contribution is -2.22. The number of carbonyl (C=O) groups excluding carboxylic acids is 2. The van der Waals surface area contributed by atoms with E-state index in [1.165, 1.54) is 13.1 Å². The van der Waals surface area contributed by atoms with Gasteiger partial charge < -0.3 is 21.1 Å². The van der Waals surface area contributed by atoms with E-state index in [-0.39, 0.29) is 18.0 Å². The number of aliphatic hydroxyl groups is 1. The molecule has 116 valence electrons. The van der Waals surface area contributed by atoms with Gasteiger partial charge in [0, 0.05) is 31.0 Å². The fraction of sp³-hybridized carbons (Fsp3) is 0.267. The van der Waals surface area contributed by atoms with Gasteiger partial charge in [-0.2, -0.15) is 5.26 Å². The Bertz CT molecular complexity index is 600. The number of amides is 2. The van der Waals surface area contributed by atoms with E-state index in [1.807, 2.05) is 0 Å². The molecule has 0 bridgehead atoms. The van der Waals surface area contributed by atoms with Crippen molar-refractivity contribution in [3.8, 4) is 6.07 Å². The summed E-state index contributed by atoms with van der Waals surface area (Å²) in [5, 5.41) is 25.9. The zero-order chi connectivity index (χ0) is 16.5. The molecular formula is C15H18N4O3. The molecule has 1 aromatic rings. The highest BCUT2D eigenvalue weighted by atomic mass is 16.3. The standard InChI is InChI=1S/C15H18N4O3/c1-10(20)8-17-9-12(7-16)15(22)19-14-5-3-13(4-6-14)18-11(2)21/h3-6,9-10,17,20H,8H2,1-2H3,(H,18,21)(H,19,22)/b12-9-. The number of rotatable bonds is 6. The van der Waals surface area contributed by atoms with Gasteiger partial charge in [0.15, 0.2) is 0 Å². The van der Waals surface area contributed by atoms with Crippen molar-refractivity contribution >= 4 is 23.2 Å². The van der Waals surface area contributed by atoms with Gasteiger partial charge in [0.25, 0.3) is 5.91 Å². The first-order valence-corrected chi connectivity index (χ1v) is 6.63. The van der Waals surface area contributed by atoms with E-state index in [0.29, 0.717) is 11.4 Å². The molecule has 1 atom stereocenters. The summed E-state index contributed by atoms with van der Waals surface area (Å²) in [5.41, 5.74) is 1.00. The zero-order valence-corrected chi connectivity index (χ0v) is 12.4. The Kier molecular flexibility index (Phi) is 6.60. The fourth-order valence-corrected chi connectivity index (χ4v) is 1.52. The van der Waals surface area contributed by atoms with Gasteiger partial charge in [-0.3, -0.25) is 9.59 Å². The van der Waals surface area contributed by atoms with Gasteiger partial charge >= 0.3 is 0 Å². The van der Waals surface area contributed by atoms with Crippen LogP contribution in [0.2, 0.25) is 0 Å². The molecule has 1 unspecified atom stereocenters. The third-order valence-corrected chi connectivity index (χ3v) is 2.49. The maximum Gasteiger partial charge on any atom is 0.267 e. The summed E-state index contributed by atoms with van der Waals surface area (Å²) >= 11 is 0. The molecule has 22 heavy (non-hydrogen) atoms. The predicted octanol–water partition coefficient (Wildman–Crippen LogP) is 0.961. The lowest BCUT2D eigenvalue weighted by Gasteiger charge is -2.07. The second-order valence-corrected chi connectivity index (χ2v) is 4.64. The van der Waals surface area contributed by atoms with Crippen molar-refractivity contribution in [1.29, 1.82) is 5.26 Å². The maximum atomic E-state index is 11.9. The van der Waals surface area contributed by atoms with Crippen LogP contribution in [0, 0.1) is 11.3 Å². The van der Waals surface area contributed by atoms with Crippen molar-refractivity contribution in [3.63, 3.8) is 0 Å². The van der Waals surface area contributed by atoms with Crippen LogP contribution in [0.4, 0.5) is 11.4 Å². The highest BCUT2D eigenvalue weighted by molar-refractivity contribution is 6.06. The van der Waals surface area contributed by atoms with Gasteiger partial charge in [0.2, 0.25) is 5.91 Å². The van der Waals surface area contributed by atoms with Gasteiger partial charge in [0.05, 0.1) is 6.10 Å². The number of anilines is 2. The quantitative estimate of drug-likeness (QED) is 0.461. The number of nitriles is 1. The Morgan fingerprint density at radius 3 is 2.27 bits per heavy atom. The van der Waals surface area contributed by atoms with Gasteiger partial charge in [-0.05, 0) is 31.2 Å². The smallest absolute Gasteiger partial charge is 0.267 e. The molecule has 1 aromatic carbocycles. The number of carbonyl (C=O) groups is 2. The van der Waals surface area contributed by atoms with Gasteiger partial charge in [-0.15, -0.1) is 0 Å². The molecule has 0 aromatic heterocycles. The van der Waals surface area contributed by atoms with E-state index >= 15 is 0 Å². The minimum Gasteiger partial charge on any atom is -0.392 e. The molecule has 0 radical (unpaired) electrons. The first kappa shape index (κ1) is 17.2. The summed E-state index contributed by atoms with van der Waals surface area (Å²) in [6.45, 7) is 3.23.